The second-order valence-electron chi connectivity index (χ2n) is 3.32. The monoisotopic (exact) mass is 257 g/mol. The second-order valence-corrected chi connectivity index (χ2v) is 6.10. The van der Waals surface area contributed by atoms with Gasteiger partial charge in [0, 0.05) is 22.3 Å². The number of halogens is 1. The van der Waals surface area contributed by atoms with Crippen LogP contribution in [0.2, 0.25) is 4.34 Å². The molecule has 1 unspecified atom stereocenters. The van der Waals surface area contributed by atoms with Crippen LogP contribution in [0, 0.1) is 0 Å². The lowest BCUT2D eigenvalue weighted by Crippen LogP contribution is -2.16. The standard InChI is InChI=1S/C11H12ClNS2/c1-8(10-3-2-6-14-10)13-7-9-4-5-11(12)15-9/h2-6,8,13H,7H2,1H3. The summed E-state index contributed by atoms with van der Waals surface area (Å²) in [5.74, 6) is 0. The Bertz CT molecular complexity index is 408. The third-order valence-electron chi connectivity index (χ3n) is 2.18. The van der Waals surface area contributed by atoms with Crippen molar-refractivity contribution >= 4 is 34.3 Å². The average molecular weight is 258 g/mol. The van der Waals surface area contributed by atoms with Crippen LogP contribution in [0.15, 0.2) is 29.6 Å². The van der Waals surface area contributed by atoms with Crippen LogP contribution in [-0.2, 0) is 6.54 Å². The van der Waals surface area contributed by atoms with Gasteiger partial charge in [-0.15, -0.1) is 22.7 Å². The van der Waals surface area contributed by atoms with Gasteiger partial charge in [0.2, 0.25) is 0 Å². The van der Waals surface area contributed by atoms with E-state index in [9.17, 15) is 0 Å². The lowest BCUT2D eigenvalue weighted by molar-refractivity contribution is 0.587. The Morgan fingerprint density at radius 3 is 2.87 bits per heavy atom. The lowest BCUT2D eigenvalue weighted by Gasteiger charge is -2.10. The molecular formula is C11H12ClNS2. The quantitative estimate of drug-likeness (QED) is 0.861. The van der Waals surface area contributed by atoms with Crippen molar-refractivity contribution in [2.45, 2.75) is 19.5 Å². The normalized spacial score (nSPS) is 12.9. The Balaban J connectivity index is 1.88. The minimum Gasteiger partial charge on any atom is -0.305 e. The first kappa shape index (κ1) is 11.1. The van der Waals surface area contributed by atoms with Crippen LogP contribution in [-0.4, -0.2) is 0 Å². The zero-order chi connectivity index (χ0) is 10.7. The molecule has 15 heavy (non-hydrogen) atoms. The smallest absolute Gasteiger partial charge is 0.0931 e. The molecule has 0 aliphatic heterocycles. The lowest BCUT2D eigenvalue weighted by atomic mass is 10.3. The van der Waals surface area contributed by atoms with Gasteiger partial charge in [0.25, 0.3) is 0 Å². The SMILES string of the molecule is CC(NCc1ccc(Cl)s1)c1cccs1. The fourth-order valence-corrected chi connectivity index (χ4v) is 3.14. The summed E-state index contributed by atoms with van der Waals surface area (Å²) in [5, 5.41) is 5.58. The van der Waals surface area contributed by atoms with E-state index < -0.39 is 0 Å². The van der Waals surface area contributed by atoms with Gasteiger partial charge < -0.3 is 5.32 Å². The maximum Gasteiger partial charge on any atom is 0.0931 e. The van der Waals surface area contributed by atoms with Crippen molar-refractivity contribution in [2.24, 2.45) is 0 Å². The minimum absolute atomic E-state index is 0.408. The number of thiophene rings is 2. The molecule has 0 fully saturated rings. The van der Waals surface area contributed by atoms with Crippen molar-refractivity contribution in [3.05, 3.63) is 43.7 Å². The molecule has 2 rings (SSSR count). The molecule has 0 bridgehead atoms. The first-order chi connectivity index (χ1) is 7.25. The van der Waals surface area contributed by atoms with Crippen LogP contribution in [0.1, 0.15) is 22.7 Å². The van der Waals surface area contributed by atoms with Gasteiger partial charge in [0.1, 0.15) is 0 Å². The highest BCUT2D eigenvalue weighted by molar-refractivity contribution is 7.16. The molecule has 4 heteroatoms. The molecule has 0 saturated heterocycles. The molecule has 1 N–H and O–H groups in total. The molecule has 0 saturated carbocycles. The first-order valence-corrected chi connectivity index (χ1v) is 6.84. The molecule has 0 spiro atoms. The number of nitrogens with one attached hydrogen (secondary N) is 1. The second kappa shape index (κ2) is 5.12. The third-order valence-corrected chi connectivity index (χ3v) is 4.47. The molecule has 0 amide bonds. The van der Waals surface area contributed by atoms with Crippen LogP contribution < -0.4 is 5.32 Å². The summed E-state index contributed by atoms with van der Waals surface area (Å²) in [6.07, 6.45) is 0. The number of hydrogen-bond acceptors (Lipinski definition) is 3. The highest BCUT2D eigenvalue weighted by atomic mass is 35.5. The zero-order valence-corrected chi connectivity index (χ0v) is 10.8. The predicted molar refractivity (Wildman–Crippen MR) is 68.9 cm³/mol. The molecular weight excluding hydrogens is 246 g/mol. The summed E-state index contributed by atoms with van der Waals surface area (Å²) in [7, 11) is 0. The van der Waals surface area contributed by atoms with Crippen molar-refractivity contribution in [2.75, 3.05) is 0 Å². The molecule has 2 aromatic heterocycles. The average Bonchev–Trinajstić information content (AvgIpc) is 2.84. The van der Waals surface area contributed by atoms with Gasteiger partial charge in [-0.1, -0.05) is 17.7 Å². The fraction of sp³-hybridized carbons (Fsp3) is 0.273. The van der Waals surface area contributed by atoms with E-state index in [1.165, 1.54) is 9.75 Å². The summed E-state index contributed by atoms with van der Waals surface area (Å²) in [6.45, 7) is 3.07. The maximum atomic E-state index is 5.87. The topological polar surface area (TPSA) is 12.0 Å². The van der Waals surface area contributed by atoms with Gasteiger partial charge >= 0.3 is 0 Å². The molecule has 2 aromatic rings. The van der Waals surface area contributed by atoms with Crippen molar-refractivity contribution in [1.82, 2.24) is 5.32 Å². The number of rotatable bonds is 4. The van der Waals surface area contributed by atoms with E-state index in [0.717, 1.165) is 10.9 Å². The van der Waals surface area contributed by atoms with Gasteiger partial charge in [-0.2, -0.15) is 0 Å². The van der Waals surface area contributed by atoms with Gasteiger partial charge in [-0.05, 0) is 30.5 Å². The van der Waals surface area contributed by atoms with E-state index in [-0.39, 0.29) is 0 Å². The summed E-state index contributed by atoms with van der Waals surface area (Å²) in [6, 6.07) is 8.66. The third kappa shape index (κ3) is 3.05. The van der Waals surface area contributed by atoms with Crippen LogP contribution >= 0.6 is 34.3 Å². The van der Waals surface area contributed by atoms with Crippen molar-refractivity contribution in [1.29, 1.82) is 0 Å². The van der Waals surface area contributed by atoms with Crippen LogP contribution in [0.4, 0.5) is 0 Å². The van der Waals surface area contributed by atoms with Crippen molar-refractivity contribution in [3.63, 3.8) is 0 Å². The van der Waals surface area contributed by atoms with Crippen LogP contribution in [0.5, 0.6) is 0 Å². The highest BCUT2D eigenvalue weighted by Gasteiger charge is 2.06. The molecule has 0 aliphatic carbocycles. The minimum atomic E-state index is 0.408. The fourth-order valence-electron chi connectivity index (χ4n) is 1.34. The van der Waals surface area contributed by atoms with Gasteiger partial charge in [-0.25, -0.2) is 0 Å². The molecule has 0 radical (unpaired) electrons. The Hall–Kier alpha value is -0.350. The van der Waals surface area contributed by atoms with E-state index in [1.807, 2.05) is 6.07 Å². The Morgan fingerprint density at radius 1 is 1.40 bits per heavy atom. The van der Waals surface area contributed by atoms with Crippen molar-refractivity contribution in [3.8, 4) is 0 Å². The summed E-state index contributed by atoms with van der Waals surface area (Å²) in [4.78, 5) is 2.65. The first-order valence-electron chi connectivity index (χ1n) is 4.76. The van der Waals surface area contributed by atoms with Crippen molar-refractivity contribution < 1.29 is 0 Å². The summed E-state index contributed by atoms with van der Waals surface area (Å²) >= 11 is 9.29. The van der Waals surface area contributed by atoms with Gasteiger partial charge in [0.15, 0.2) is 0 Å². The summed E-state index contributed by atoms with van der Waals surface area (Å²) < 4.78 is 0.857. The molecule has 0 aliphatic rings. The molecule has 2 heterocycles. The van der Waals surface area contributed by atoms with E-state index in [1.54, 1.807) is 22.7 Å². The molecule has 80 valence electrons. The van der Waals surface area contributed by atoms with E-state index in [0.29, 0.717) is 6.04 Å². The largest absolute Gasteiger partial charge is 0.305 e. The highest BCUT2D eigenvalue weighted by Crippen LogP contribution is 2.23. The van der Waals surface area contributed by atoms with Gasteiger partial charge in [0.05, 0.1) is 4.34 Å². The van der Waals surface area contributed by atoms with Crippen LogP contribution in [0.3, 0.4) is 0 Å². The molecule has 1 atom stereocenters. The van der Waals surface area contributed by atoms with E-state index in [4.69, 9.17) is 11.6 Å². The predicted octanol–water partition coefficient (Wildman–Crippen LogP) is 4.31. The maximum absolute atomic E-state index is 5.87. The molecule has 1 nitrogen and oxygen atoms in total. The van der Waals surface area contributed by atoms with Gasteiger partial charge in [-0.3, -0.25) is 0 Å². The Labute approximate surface area is 103 Å². The number of hydrogen-bond donors (Lipinski definition) is 1. The van der Waals surface area contributed by atoms with Crippen LogP contribution in [0.25, 0.3) is 0 Å². The van der Waals surface area contributed by atoms with E-state index in [2.05, 4.69) is 35.8 Å². The zero-order valence-electron chi connectivity index (χ0n) is 8.37. The Morgan fingerprint density at radius 2 is 2.27 bits per heavy atom. The molecule has 0 aromatic carbocycles. The Kier molecular flexibility index (Phi) is 3.81. The van der Waals surface area contributed by atoms with E-state index >= 15 is 0 Å². The summed E-state index contributed by atoms with van der Waals surface area (Å²) in [5.41, 5.74) is 0.